The van der Waals surface area contributed by atoms with E-state index in [0.29, 0.717) is 18.4 Å². The molecule has 21 heavy (non-hydrogen) atoms. The van der Waals surface area contributed by atoms with Gasteiger partial charge in [-0.15, -0.1) is 24.0 Å². The molecule has 0 unspecified atom stereocenters. The van der Waals surface area contributed by atoms with Crippen molar-refractivity contribution in [2.45, 2.75) is 53.0 Å². The first-order chi connectivity index (χ1) is 9.32. The van der Waals surface area contributed by atoms with Crippen LogP contribution < -0.4 is 10.6 Å². The summed E-state index contributed by atoms with van der Waals surface area (Å²) in [5, 5.41) is 6.48. The Kier molecular flexibility index (Phi) is 8.92. The van der Waals surface area contributed by atoms with E-state index in [1.54, 1.807) is 13.2 Å². The first-order valence-corrected chi connectivity index (χ1v) is 7.22. The zero-order chi connectivity index (χ0) is 15.2. The molecule has 0 aliphatic carbocycles. The lowest BCUT2D eigenvalue weighted by Crippen LogP contribution is -2.37. The zero-order valence-corrected chi connectivity index (χ0v) is 16.3. The van der Waals surface area contributed by atoms with Gasteiger partial charge in [0.2, 0.25) is 5.89 Å². The van der Waals surface area contributed by atoms with Crippen molar-refractivity contribution in [2.24, 2.45) is 10.9 Å². The van der Waals surface area contributed by atoms with Crippen LogP contribution in [0.3, 0.4) is 0 Å². The van der Waals surface area contributed by atoms with E-state index in [0.717, 1.165) is 24.7 Å². The standard InChI is InChI=1S/C15H28N4O.HI/c1-11(2)7-8-17-14(16-6)19-10-13-18-9-12(20-13)15(3,4)5;/h9,11H,7-8,10H2,1-6H3,(H2,16,17,19);1H. The molecule has 0 aliphatic heterocycles. The minimum atomic E-state index is -0.0115. The number of rotatable bonds is 5. The van der Waals surface area contributed by atoms with Gasteiger partial charge in [-0.1, -0.05) is 34.6 Å². The number of hydrogen-bond acceptors (Lipinski definition) is 3. The Hall–Kier alpha value is -0.790. The van der Waals surface area contributed by atoms with Crippen LogP contribution in [0.15, 0.2) is 15.6 Å². The quantitative estimate of drug-likeness (QED) is 0.446. The van der Waals surface area contributed by atoms with Crippen LogP contribution in [0.25, 0.3) is 0 Å². The van der Waals surface area contributed by atoms with Gasteiger partial charge in [-0.2, -0.15) is 0 Å². The zero-order valence-electron chi connectivity index (χ0n) is 14.0. The highest BCUT2D eigenvalue weighted by molar-refractivity contribution is 14.0. The lowest BCUT2D eigenvalue weighted by Gasteiger charge is -2.13. The molecule has 0 spiro atoms. The maximum Gasteiger partial charge on any atom is 0.213 e. The molecule has 1 aromatic heterocycles. The Morgan fingerprint density at radius 2 is 2.00 bits per heavy atom. The number of nitrogens with one attached hydrogen (secondary N) is 2. The summed E-state index contributed by atoms with van der Waals surface area (Å²) in [7, 11) is 1.76. The van der Waals surface area contributed by atoms with E-state index in [-0.39, 0.29) is 29.4 Å². The first kappa shape index (κ1) is 20.2. The van der Waals surface area contributed by atoms with Crippen molar-refractivity contribution in [3.63, 3.8) is 0 Å². The largest absolute Gasteiger partial charge is 0.443 e. The fraction of sp³-hybridized carbons (Fsp3) is 0.733. The number of nitrogens with zero attached hydrogens (tertiary/aromatic N) is 2. The summed E-state index contributed by atoms with van der Waals surface area (Å²) in [5.74, 6) is 3.04. The molecule has 2 N–H and O–H groups in total. The van der Waals surface area contributed by atoms with E-state index in [1.807, 2.05) is 0 Å². The van der Waals surface area contributed by atoms with Gasteiger partial charge < -0.3 is 15.1 Å². The van der Waals surface area contributed by atoms with Gasteiger partial charge in [0.1, 0.15) is 5.76 Å². The van der Waals surface area contributed by atoms with Crippen molar-refractivity contribution in [2.75, 3.05) is 13.6 Å². The van der Waals surface area contributed by atoms with Gasteiger partial charge in [-0.3, -0.25) is 4.99 Å². The third kappa shape index (κ3) is 7.68. The van der Waals surface area contributed by atoms with Crippen LogP contribution in [0.2, 0.25) is 0 Å². The van der Waals surface area contributed by atoms with E-state index in [4.69, 9.17) is 4.42 Å². The molecule has 0 radical (unpaired) electrons. The van der Waals surface area contributed by atoms with Crippen molar-refractivity contribution in [1.29, 1.82) is 0 Å². The molecule has 1 aromatic rings. The van der Waals surface area contributed by atoms with Crippen LogP contribution in [-0.2, 0) is 12.0 Å². The number of hydrogen-bond donors (Lipinski definition) is 2. The molecule has 1 rings (SSSR count). The number of aliphatic imine (C=N–C) groups is 1. The summed E-state index contributed by atoms with van der Waals surface area (Å²) in [6.07, 6.45) is 2.92. The highest BCUT2D eigenvalue weighted by Gasteiger charge is 2.19. The lowest BCUT2D eigenvalue weighted by molar-refractivity contribution is 0.379. The Labute approximate surface area is 145 Å². The summed E-state index contributed by atoms with van der Waals surface area (Å²) < 4.78 is 5.73. The molecule has 5 nitrogen and oxygen atoms in total. The van der Waals surface area contributed by atoms with Crippen LogP contribution >= 0.6 is 24.0 Å². The Balaban J connectivity index is 0.00000400. The summed E-state index contributed by atoms with van der Waals surface area (Å²) in [4.78, 5) is 8.47. The van der Waals surface area contributed by atoms with Gasteiger partial charge in [-0.25, -0.2) is 4.98 Å². The molecular formula is C15H29IN4O. The topological polar surface area (TPSA) is 62.5 Å². The third-order valence-corrected chi connectivity index (χ3v) is 2.94. The van der Waals surface area contributed by atoms with Gasteiger partial charge in [0.05, 0.1) is 12.7 Å². The van der Waals surface area contributed by atoms with Gasteiger partial charge >= 0.3 is 0 Å². The maximum atomic E-state index is 5.73. The van der Waals surface area contributed by atoms with Crippen LogP contribution in [0.1, 0.15) is 52.7 Å². The van der Waals surface area contributed by atoms with Crippen molar-refractivity contribution in [1.82, 2.24) is 15.6 Å². The molecule has 0 fully saturated rings. The molecule has 0 aromatic carbocycles. The van der Waals surface area contributed by atoms with Crippen molar-refractivity contribution in [3.05, 3.63) is 17.8 Å². The molecule has 6 heteroatoms. The lowest BCUT2D eigenvalue weighted by atomic mass is 9.94. The fourth-order valence-electron chi connectivity index (χ4n) is 1.60. The van der Waals surface area contributed by atoms with E-state index < -0.39 is 0 Å². The second-order valence-corrected chi connectivity index (χ2v) is 6.40. The maximum absolute atomic E-state index is 5.73. The average molecular weight is 408 g/mol. The van der Waals surface area contributed by atoms with E-state index in [9.17, 15) is 0 Å². The highest BCUT2D eigenvalue weighted by atomic mass is 127. The minimum Gasteiger partial charge on any atom is -0.443 e. The molecule has 0 amide bonds. The molecule has 1 heterocycles. The predicted octanol–water partition coefficient (Wildman–Crippen LogP) is 3.30. The number of halogens is 1. The normalized spacial score (nSPS) is 12.2. The van der Waals surface area contributed by atoms with Gasteiger partial charge in [-0.05, 0) is 12.3 Å². The summed E-state index contributed by atoms with van der Waals surface area (Å²) in [6, 6.07) is 0. The number of guanidine groups is 1. The second kappa shape index (κ2) is 9.27. The highest BCUT2D eigenvalue weighted by Crippen LogP contribution is 2.22. The Bertz CT molecular complexity index is 435. The third-order valence-electron chi connectivity index (χ3n) is 2.94. The molecular weight excluding hydrogens is 379 g/mol. The van der Waals surface area contributed by atoms with E-state index in [2.05, 4.69) is 55.2 Å². The minimum absolute atomic E-state index is 0. The number of aromatic nitrogens is 1. The van der Waals surface area contributed by atoms with E-state index >= 15 is 0 Å². The average Bonchev–Trinajstić information content (AvgIpc) is 2.81. The molecule has 0 atom stereocenters. The smallest absolute Gasteiger partial charge is 0.213 e. The number of oxazole rings is 1. The van der Waals surface area contributed by atoms with Crippen molar-refractivity contribution in [3.8, 4) is 0 Å². The van der Waals surface area contributed by atoms with Crippen LogP contribution in [0, 0.1) is 5.92 Å². The Morgan fingerprint density at radius 3 is 2.48 bits per heavy atom. The molecule has 0 bridgehead atoms. The molecule has 0 saturated carbocycles. The summed E-state index contributed by atoms with van der Waals surface area (Å²) in [5.41, 5.74) is -0.0115. The van der Waals surface area contributed by atoms with E-state index in [1.165, 1.54) is 0 Å². The van der Waals surface area contributed by atoms with Gasteiger partial charge in [0.15, 0.2) is 5.96 Å². The molecule has 122 valence electrons. The molecule has 0 aliphatic rings. The fourth-order valence-corrected chi connectivity index (χ4v) is 1.60. The second-order valence-electron chi connectivity index (χ2n) is 6.40. The van der Waals surface area contributed by atoms with Crippen molar-refractivity contribution < 1.29 is 4.42 Å². The Morgan fingerprint density at radius 1 is 1.33 bits per heavy atom. The predicted molar refractivity (Wildman–Crippen MR) is 98.3 cm³/mol. The summed E-state index contributed by atoms with van der Waals surface area (Å²) in [6.45, 7) is 12.2. The van der Waals surface area contributed by atoms with Gasteiger partial charge in [0.25, 0.3) is 0 Å². The summed E-state index contributed by atoms with van der Waals surface area (Å²) >= 11 is 0. The van der Waals surface area contributed by atoms with Crippen LogP contribution in [0.5, 0.6) is 0 Å². The monoisotopic (exact) mass is 408 g/mol. The SMILES string of the molecule is CN=C(NCCC(C)C)NCc1ncc(C(C)(C)C)o1.I. The van der Waals surface area contributed by atoms with Crippen LogP contribution in [-0.4, -0.2) is 24.5 Å². The van der Waals surface area contributed by atoms with Crippen LogP contribution in [0.4, 0.5) is 0 Å². The van der Waals surface area contributed by atoms with Crippen molar-refractivity contribution >= 4 is 29.9 Å². The molecule has 0 saturated heterocycles. The van der Waals surface area contributed by atoms with Gasteiger partial charge in [0, 0.05) is 19.0 Å². The first-order valence-electron chi connectivity index (χ1n) is 7.22.